The number of Topliss-reactive ketones (excluding diaryl/α,β-unsaturated/α-hetero) is 2. The van der Waals surface area contributed by atoms with Gasteiger partial charge in [0.15, 0.2) is 11.6 Å². The van der Waals surface area contributed by atoms with Gasteiger partial charge in [-0.3, -0.25) is 9.59 Å². The molecule has 0 spiro atoms. The zero-order chi connectivity index (χ0) is 16.3. The zero-order valence-electron chi connectivity index (χ0n) is 14.4. The molecule has 0 aromatic heterocycles. The van der Waals surface area contributed by atoms with Crippen LogP contribution >= 0.6 is 0 Å². The Morgan fingerprint density at radius 1 is 1.05 bits per heavy atom. The van der Waals surface area contributed by atoms with E-state index >= 15 is 0 Å². The van der Waals surface area contributed by atoms with Crippen molar-refractivity contribution in [3.63, 3.8) is 0 Å². The standard InChI is InChI=1S/C20H28O2/c1-6-19(4)11-13-14(21)10-16-18(2,3)8-7-9-20(16,5)17(13)15(22)12-19/h6,16H,1,7-12H2,2-5H3. The molecule has 2 nitrogen and oxygen atoms in total. The van der Waals surface area contributed by atoms with E-state index in [0.717, 1.165) is 30.4 Å². The maximum atomic E-state index is 13.0. The van der Waals surface area contributed by atoms with Crippen molar-refractivity contribution in [1.29, 1.82) is 0 Å². The lowest BCUT2D eigenvalue weighted by Crippen LogP contribution is -2.51. The van der Waals surface area contributed by atoms with Crippen LogP contribution in [-0.2, 0) is 9.59 Å². The molecule has 0 aliphatic heterocycles. The quantitative estimate of drug-likeness (QED) is 0.661. The normalized spacial score (nSPS) is 41.0. The van der Waals surface area contributed by atoms with E-state index in [-0.39, 0.29) is 27.8 Å². The second kappa shape index (κ2) is 4.66. The van der Waals surface area contributed by atoms with Crippen LogP contribution in [0.1, 0.15) is 66.2 Å². The van der Waals surface area contributed by atoms with E-state index in [1.54, 1.807) is 0 Å². The van der Waals surface area contributed by atoms with Gasteiger partial charge in [0.05, 0.1) is 0 Å². The van der Waals surface area contributed by atoms with Crippen molar-refractivity contribution in [2.45, 2.75) is 66.2 Å². The molecule has 0 bridgehead atoms. The lowest BCUT2D eigenvalue weighted by atomic mass is 9.47. The molecule has 0 aromatic carbocycles. The summed E-state index contributed by atoms with van der Waals surface area (Å²) < 4.78 is 0. The third-order valence-corrected chi connectivity index (χ3v) is 6.75. The number of rotatable bonds is 1. The number of carbonyl (C=O) groups is 2. The molecule has 0 amide bonds. The van der Waals surface area contributed by atoms with E-state index < -0.39 is 0 Å². The van der Waals surface area contributed by atoms with Gasteiger partial charge in [0, 0.05) is 29.4 Å². The van der Waals surface area contributed by atoms with Gasteiger partial charge in [-0.05, 0) is 36.0 Å². The van der Waals surface area contributed by atoms with Gasteiger partial charge in [-0.1, -0.05) is 40.2 Å². The van der Waals surface area contributed by atoms with Crippen LogP contribution in [0.5, 0.6) is 0 Å². The third kappa shape index (κ3) is 2.06. The molecular weight excluding hydrogens is 272 g/mol. The average molecular weight is 300 g/mol. The highest BCUT2D eigenvalue weighted by molar-refractivity contribution is 6.10. The van der Waals surface area contributed by atoms with Crippen molar-refractivity contribution in [3.8, 4) is 0 Å². The van der Waals surface area contributed by atoms with Crippen LogP contribution in [0.15, 0.2) is 23.8 Å². The molecule has 120 valence electrons. The minimum absolute atomic E-state index is 0.107. The van der Waals surface area contributed by atoms with Crippen LogP contribution in [0.4, 0.5) is 0 Å². The van der Waals surface area contributed by atoms with Gasteiger partial charge < -0.3 is 0 Å². The van der Waals surface area contributed by atoms with E-state index in [1.165, 1.54) is 0 Å². The first-order chi connectivity index (χ1) is 10.1. The molecule has 22 heavy (non-hydrogen) atoms. The van der Waals surface area contributed by atoms with Gasteiger partial charge in [0.25, 0.3) is 0 Å². The summed E-state index contributed by atoms with van der Waals surface area (Å²) in [5, 5.41) is 0. The molecule has 0 aromatic rings. The molecule has 0 heterocycles. The number of carbonyl (C=O) groups excluding carboxylic acids is 2. The highest BCUT2D eigenvalue weighted by Crippen LogP contribution is 2.61. The van der Waals surface area contributed by atoms with Crippen molar-refractivity contribution in [2.75, 3.05) is 0 Å². The van der Waals surface area contributed by atoms with E-state index in [1.807, 2.05) is 13.0 Å². The molecule has 0 N–H and O–H groups in total. The van der Waals surface area contributed by atoms with Crippen molar-refractivity contribution in [3.05, 3.63) is 23.8 Å². The predicted molar refractivity (Wildman–Crippen MR) is 88.4 cm³/mol. The van der Waals surface area contributed by atoms with Gasteiger partial charge in [-0.15, -0.1) is 6.58 Å². The van der Waals surface area contributed by atoms with Gasteiger partial charge >= 0.3 is 0 Å². The maximum absolute atomic E-state index is 13.0. The second-order valence-corrected chi connectivity index (χ2v) is 8.93. The minimum atomic E-state index is -0.251. The number of ketones is 2. The van der Waals surface area contributed by atoms with Gasteiger partial charge in [-0.25, -0.2) is 0 Å². The van der Waals surface area contributed by atoms with Crippen LogP contribution in [0.25, 0.3) is 0 Å². The third-order valence-electron chi connectivity index (χ3n) is 6.75. The van der Waals surface area contributed by atoms with E-state index in [4.69, 9.17) is 0 Å². The first-order valence-corrected chi connectivity index (χ1v) is 8.57. The summed E-state index contributed by atoms with van der Waals surface area (Å²) in [7, 11) is 0. The van der Waals surface area contributed by atoms with E-state index in [0.29, 0.717) is 25.2 Å². The Morgan fingerprint density at radius 3 is 2.36 bits per heavy atom. The smallest absolute Gasteiger partial charge is 0.160 e. The summed E-state index contributed by atoms with van der Waals surface area (Å²) in [6.07, 6.45) is 7.02. The van der Waals surface area contributed by atoms with Crippen LogP contribution in [0, 0.1) is 22.2 Å². The lowest BCUT2D eigenvalue weighted by molar-refractivity contribution is -0.129. The van der Waals surface area contributed by atoms with Crippen LogP contribution in [0.3, 0.4) is 0 Å². The second-order valence-electron chi connectivity index (χ2n) is 8.93. The molecule has 1 fully saturated rings. The van der Waals surface area contributed by atoms with Gasteiger partial charge in [0.1, 0.15) is 0 Å². The Hall–Kier alpha value is -1.18. The molecule has 3 unspecified atom stereocenters. The molecule has 3 aliphatic rings. The number of hydrogen-bond donors (Lipinski definition) is 0. The molecular formula is C20H28O2. The van der Waals surface area contributed by atoms with Gasteiger partial charge in [0.2, 0.25) is 0 Å². The fraction of sp³-hybridized carbons (Fsp3) is 0.700. The van der Waals surface area contributed by atoms with Crippen molar-refractivity contribution in [2.24, 2.45) is 22.2 Å². The lowest BCUT2D eigenvalue weighted by Gasteiger charge is -2.55. The fourth-order valence-electron chi connectivity index (χ4n) is 5.46. The fourth-order valence-corrected chi connectivity index (χ4v) is 5.46. The zero-order valence-corrected chi connectivity index (χ0v) is 14.4. The molecule has 0 saturated heterocycles. The monoisotopic (exact) mass is 300 g/mol. The first-order valence-electron chi connectivity index (χ1n) is 8.57. The highest BCUT2D eigenvalue weighted by atomic mass is 16.1. The SMILES string of the molecule is C=CC1(C)CC(=O)C2=C(C1)C(=O)CC1C(C)(C)CCCC21C. The predicted octanol–water partition coefficient (Wildman–Crippen LogP) is 4.64. The summed E-state index contributed by atoms with van der Waals surface area (Å²) in [6, 6.07) is 0. The Balaban J connectivity index is 2.15. The molecule has 3 rings (SSSR count). The van der Waals surface area contributed by atoms with Crippen LogP contribution in [-0.4, -0.2) is 11.6 Å². The summed E-state index contributed by atoms with van der Waals surface area (Å²) in [5.74, 6) is 0.715. The maximum Gasteiger partial charge on any atom is 0.160 e. The van der Waals surface area contributed by atoms with Crippen LogP contribution in [0.2, 0.25) is 0 Å². The summed E-state index contributed by atoms with van der Waals surface area (Å²) in [6.45, 7) is 12.7. The molecule has 2 heteroatoms. The molecule has 3 aliphatic carbocycles. The molecule has 1 saturated carbocycles. The first kappa shape index (κ1) is 15.7. The van der Waals surface area contributed by atoms with Gasteiger partial charge in [-0.2, -0.15) is 0 Å². The van der Waals surface area contributed by atoms with Crippen molar-refractivity contribution >= 4 is 11.6 Å². The Kier molecular flexibility index (Phi) is 3.33. The Labute approximate surface area is 134 Å². The average Bonchev–Trinajstić information content (AvgIpc) is 2.40. The summed E-state index contributed by atoms with van der Waals surface area (Å²) in [4.78, 5) is 25.8. The summed E-state index contributed by atoms with van der Waals surface area (Å²) >= 11 is 0. The summed E-state index contributed by atoms with van der Waals surface area (Å²) in [5.41, 5.74) is 1.50. The Bertz CT molecular complexity index is 595. The van der Waals surface area contributed by atoms with E-state index in [9.17, 15) is 9.59 Å². The highest BCUT2D eigenvalue weighted by Gasteiger charge is 2.56. The molecule has 3 atom stereocenters. The topological polar surface area (TPSA) is 34.1 Å². The van der Waals surface area contributed by atoms with E-state index in [2.05, 4.69) is 27.4 Å². The number of hydrogen-bond acceptors (Lipinski definition) is 2. The van der Waals surface area contributed by atoms with Crippen molar-refractivity contribution in [1.82, 2.24) is 0 Å². The number of allylic oxidation sites excluding steroid dienone is 3. The largest absolute Gasteiger partial charge is 0.295 e. The minimum Gasteiger partial charge on any atom is -0.295 e. The van der Waals surface area contributed by atoms with Crippen LogP contribution < -0.4 is 0 Å². The Morgan fingerprint density at radius 2 is 1.73 bits per heavy atom. The number of fused-ring (bicyclic) bond motifs is 2. The molecule has 0 radical (unpaired) electrons. The van der Waals surface area contributed by atoms with Crippen molar-refractivity contribution < 1.29 is 9.59 Å².